The summed E-state index contributed by atoms with van der Waals surface area (Å²) in [6.07, 6.45) is 1.68. The third-order valence-corrected chi connectivity index (χ3v) is 17.3. The number of nitrogens with zero attached hydrogens (tertiary/aromatic N) is 3. The van der Waals surface area contributed by atoms with Crippen LogP contribution >= 0.6 is 11.3 Å². The summed E-state index contributed by atoms with van der Waals surface area (Å²) in [7, 11) is -6.76. The zero-order chi connectivity index (χ0) is 50.6. The number of sulfonamides is 1. The molecule has 4 N–H and O–H groups in total. The number of anilines is 1. The highest BCUT2D eigenvalue weighted by atomic mass is 32.3. The van der Waals surface area contributed by atoms with Gasteiger partial charge in [-0.25, -0.2) is 35.9 Å². The van der Waals surface area contributed by atoms with Gasteiger partial charge in [0.05, 0.1) is 37.2 Å². The molecule has 0 aliphatic carbocycles. The molecule has 3 amide bonds. The van der Waals surface area contributed by atoms with Gasteiger partial charge in [0.15, 0.2) is 22.0 Å². The topological polar surface area (TPSA) is 271 Å². The molecule has 21 nitrogen and oxygen atoms in total. The molecular formula is C46H59N7O14S3. The van der Waals surface area contributed by atoms with Crippen molar-refractivity contribution in [3.8, 4) is 22.6 Å². The lowest BCUT2D eigenvalue weighted by Crippen LogP contribution is -2.38. The minimum absolute atomic E-state index is 0.0856. The molecule has 2 aliphatic heterocycles. The minimum atomic E-state index is -4.51. The molecule has 0 spiro atoms. The number of esters is 3. The molecule has 4 atom stereocenters. The number of aromatic nitrogens is 2. The van der Waals surface area contributed by atoms with Crippen LogP contribution in [0.25, 0.3) is 11.1 Å². The zero-order valence-electron chi connectivity index (χ0n) is 39.6. The second kappa shape index (κ2) is 24.2. The number of nitrogens with one attached hydrogen (secondary N) is 4. The number of carbonyl (C=O) groups excluding carboxylic acids is 5. The first-order valence-corrected chi connectivity index (χ1v) is 26.6. The van der Waals surface area contributed by atoms with Gasteiger partial charge < -0.3 is 39.2 Å². The van der Waals surface area contributed by atoms with E-state index in [-0.39, 0.29) is 34.5 Å². The van der Waals surface area contributed by atoms with Crippen LogP contribution in [0.2, 0.25) is 0 Å². The van der Waals surface area contributed by atoms with Gasteiger partial charge in [-0.3, -0.25) is 19.6 Å². The molecular weight excluding hydrogens is 971 g/mol. The Balaban J connectivity index is 0.996. The van der Waals surface area contributed by atoms with Crippen molar-refractivity contribution in [3.63, 3.8) is 0 Å². The lowest BCUT2D eigenvalue weighted by Gasteiger charge is -2.27. The van der Waals surface area contributed by atoms with Crippen molar-refractivity contribution in [1.29, 1.82) is 0 Å². The molecule has 1 fully saturated rings. The number of likely N-dealkylation sites (tertiary alicyclic amines) is 1. The van der Waals surface area contributed by atoms with Crippen molar-refractivity contribution in [3.05, 3.63) is 72.1 Å². The SMILES string of the molecule is CCN[C@H]1C[C@H](C)S(=O)(=O)c2sc(S(=O)(=O)NC(=O)CCC(=O)O[C@@H](C)C(=O)O[C@@H](C)C(=O)OCCN(Cc3cccc(OC)c3)C(=O)Nc3ccc(-c4cn[nH]c4)cc3OCCN3CCCC3)cc21. The highest BCUT2D eigenvalue weighted by Gasteiger charge is 2.40. The third-order valence-electron chi connectivity index (χ3n) is 11.5. The number of carbonyl (C=O) groups is 5. The average molecular weight is 1030 g/mol. The smallest absolute Gasteiger partial charge is 0.347 e. The fourth-order valence-electron chi connectivity index (χ4n) is 7.70. The first-order chi connectivity index (χ1) is 33.4. The van der Waals surface area contributed by atoms with Crippen LogP contribution in [-0.2, 0) is 59.8 Å². The largest absolute Gasteiger partial charge is 0.497 e. The molecule has 0 bridgehead atoms. The van der Waals surface area contributed by atoms with E-state index >= 15 is 0 Å². The summed E-state index contributed by atoms with van der Waals surface area (Å²) in [6, 6.07) is 12.8. The predicted molar refractivity (Wildman–Crippen MR) is 256 cm³/mol. The van der Waals surface area contributed by atoms with Crippen LogP contribution in [0.5, 0.6) is 11.5 Å². The number of hydrogen-bond acceptors (Lipinski definition) is 18. The van der Waals surface area contributed by atoms with Crippen LogP contribution < -0.4 is 24.8 Å². The first kappa shape index (κ1) is 53.3. The molecule has 4 heterocycles. The number of fused-ring (bicyclic) bond motifs is 1. The first-order valence-electron chi connectivity index (χ1n) is 22.8. The van der Waals surface area contributed by atoms with Crippen molar-refractivity contribution in [1.82, 2.24) is 30.0 Å². The number of hydrogen-bond donors (Lipinski definition) is 4. The summed E-state index contributed by atoms with van der Waals surface area (Å²) in [6.45, 7) is 9.14. The van der Waals surface area contributed by atoms with Crippen LogP contribution in [0.1, 0.15) is 77.0 Å². The molecule has 24 heteroatoms. The molecule has 6 rings (SSSR count). The molecule has 0 radical (unpaired) electrons. The monoisotopic (exact) mass is 1030 g/mol. The van der Waals surface area contributed by atoms with Crippen molar-refractivity contribution in [2.24, 2.45) is 0 Å². The second-order valence-corrected chi connectivity index (χ2v) is 22.2. The van der Waals surface area contributed by atoms with E-state index < -0.39 is 86.0 Å². The summed E-state index contributed by atoms with van der Waals surface area (Å²) < 4.78 is 80.9. The Labute approximate surface area is 410 Å². The Kier molecular flexibility index (Phi) is 18.4. The Morgan fingerprint density at radius 3 is 2.44 bits per heavy atom. The van der Waals surface area contributed by atoms with Crippen LogP contribution in [0.3, 0.4) is 0 Å². The van der Waals surface area contributed by atoms with Gasteiger partial charge in [0.2, 0.25) is 5.91 Å². The average Bonchev–Trinajstić information content (AvgIpc) is 4.15. The highest BCUT2D eigenvalue weighted by Crippen LogP contribution is 2.43. The predicted octanol–water partition coefficient (Wildman–Crippen LogP) is 4.56. The van der Waals surface area contributed by atoms with Crippen molar-refractivity contribution >= 4 is 66.7 Å². The van der Waals surface area contributed by atoms with Gasteiger partial charge in [-0.1, -0.05) is 25.1 Å². The van der Waals surface area contributed by atoms with Crippen molar-refractivity contribution in [2.45, 2.75) is 98.3 Å². The van der Waals surface area contributed by atoms with Crippen LogP contribution in [0.4, 0.5) is 10.5 Å². The maximum absolute atomic E-state index is 14.0. The van der Waals surface area contributed by atoms with Gasteiger partial charge in [0.25, 0.3) is 10.0 Å². The van der Waals surface area contributed by atoms with E-state index in [2.05, 4.69) is 25.7 Å². The highest BCUT2D eigenvalue weighted by molar-refractivity contribution is 7.95. The lowest BCUT2D eigenvalue weighted by atomic mass is 10.1. The van der Waals surface area contributed by atoms with E-state index in [1.807, 2.05) is 29.8 Å². The second-order valence-electron chi connectivity index (χ2n) is 16.7. The Morgan fingerprint density at radius 2 is 1.73 bits per heavy atom. The minimum Gasteiger partial charge on any atom is -0.497 e. The number of aromatic amines is 1. The van der Waals surface area contributed by atoms with Gasteiger partial charge in [0.1, 0.15) is 33.1 Å². The zero-order valence-corrected chi connectivity index (χ0v) is 42.0. The maximum atomic E-state index is 14.0. The molecule has 2 aromatic heterocycles. The molecule has 380 valence electrons. The number of benzene rings is 2. The lowest BCUT2D eigenvalue weighted by molar-refractivity contribution is -0.177. The van der Waals surface area contributed by atoms with E-state index in [9.17, 15) is 40.8 Å². The van der Waals surface area contributed by atoms with Crippen LogP contribution in [0, 0.1) is 0 Å². The Bertz CT molecular complexity index is 2710. The number of H-pyrrole nitrogens is 1. The number of thiophene rings is 1. The third kappa shape index (κ3) is 14.0. The number of methoxy groups -OCH3 is 1. The van der Waals surface area contributed by atoms with Gasteiger partial charge in [-0.15, -0.1) is 11.3 Å². The number of rotatable bonds is 23. The summed E-state index contributed by atoms with van der Waals surface area (Å²) in [5, 5.41) is 12.2. The number of sulfone groups is 1. The van der Waals surface area contributed by atoms with Crippen molar-refractivity contribution in [2.75, 3.05) is 58.4 Å². The van der Waals surface area contributed by atoms with E-state index in [1.54, 1.807) is 43.6 Å². The summed E-state index contributed by atoms with van der Waals surface area (Å²) >= 11 is 0.544. The summed E-state index contributed by atoms with van der Waals surface area (Å²) in [5.41, 5.74) is 3.11. The summed E-state index contributed by atoms with van der Waals surface area (Å²) in [4.78, 5) is 68.9. The number of ether oxygens (including phenoxy) is 5. The molecule has 4 aromatic rings. The number of urea groups is 1. The quantitative estimate of drug-likeness (QED) is 0.0586. The molecule has 2 aromatic carbocycles. The van der Waals surface area contributed by atoms with E-state index in [0.717, 1.165) is 49.2 Å². The van der Waals surface area contributed by atoms with Crippen LogP contribution in [-0.4, -0.2) is 137 Å². The fraction of sp³-hybridized carbons (Fsp3) is 0.478. The Morgan fingerprint density at radius 1 is 0.971 bits per heavy atom. The van der Waals surface area contributed by atoms with Gasteiger partial charge in [0, 0.05) is 42.9 Å². The molecule has 1 saturated heterocycles. The van der Waals surface area contributed by atoms with Gasteiger partial charge in [-0.2, -0.15) is 5.10 Å². The maximum Gasteiger partial charge on any atom is 0.347 e. The molecule has 2 aliphatic rings. The van der Waals surface area contributed by atoms with Gasteiger partial charge >= 0.3 is 23.9 Å². The normalized spacial score (nSPS) is 17.3. The molecule has 0 unspecified atom stereocenters. The van der Waals surface area contributed by atoms with Crippen molar-refractivity contribution < 1.29 is 64.5 Å². The van der Waals surface area contributed by atoms with Gasteiger partial charge in [-0.05, 0) is 101 Å². The molecule has 70 heavy (non-hydrogen) atoms. The standard InChI is InChI=1S/C46H59N7O14S3/c1-6-47-38-22-29(2)69(59,60)45-36(38)25-42(68-45)70(61,62)51-40(54)14-15-41(55)66-31(4)44(57)67-30(3)43(56)65-21-19-53(28-32-10-9-11-35(23-32)63-5)46(58)50-37-13-12-33(34-26-48-49-27-34)24-39(37)64-20-18-52-16-7-8-17-52/h9-13,23-27,29-31,38,47H,6-8,14-22,28H2,1-5H3,(H,48,49)(H,50,58)(H,51,54)/t29-,30-,31-,38-/m0/s1. The Hall–Kier alpha value is -6.08. The van der Waals surface area contributed by atoms with E-state index in [4.69, 9.17) is 23.7 Å². The van der Waals surface area contributed by atoms with E-state index in [1.165, 1.54) is 31.9 Å². The fourth-order valence-corrected chi connectivity index (χ4v) is 12.7. The van der Waals surface area contributed by atoms with Crippen LogP contribution in [0.15, 0.2) is 69.3 Å². The summed E-state index contributed by atoms with van der Waals surface area (Å²) in [5.74, 6) is -3.15. The number of amides is 3. The molecule has 0 saturated carbocycles. The van der Waals surface area contributed by atoms with E-state index in [0.29, 0.717) is 47.2 Å².